The molecule has 2 aromatic rings. The van der Waals surface area contributed by atoms with E-state index in [0.717, 1.165) is 11.1 Å². The molecule has 0 fully saturated rings. The first kappa shape index (κ1) is 17.7. The summed E-state index contributed by atoms with van der Waals surface area (Å²) in [7, 11) is 3.28. The highest BCUT2D eigenvalue weighted by molar-refractivity contribution is 5.25. The number of hydrogen-bond acceptors (Lipinski definition) is 2. The molecule has 2 aromatic carbocycles. The van der Waals surface area contributed by atoms with Crippen LogP contribution in [0.5, 0.6) is 0 Å². The van der Waals surface area contributed by atoms with Crippen LogP contribution in [0.1, 0.15) is 24.5 Å². The summed E-state index contributed by atoms with van der Waals surface area (Å²) >= 11 is 0. The maximum atomic E-state index is 12.3. The van der Waals surface area contributed by atoms with Crippen LogP contribution in [-0.2, 0) is 12.0 Å². The lowest BCUT2D eigenvalue weighted by molar-refractivity contribution is -0.845. The van der Waals surface area contributed by atoms with E-state index >= 15 is 0 Å². The monoisotopic (exact) mass is 313 g/mol. The second-order valence-corrected chi connectivity index (χ2v) is 6.79. The van der Waals surface area contributed by atoms with Crippen LogP contribution in [0.15, 0.2) is 60.7 Å². The zero-order valence-corrected chi connectivity index (χ0v) is 14.3. The molecule has 0 radical (unpaired) electrons. The summed E-state index contributed by atoms with van der Waals surface area (Å²) in [6.07, 6.45) is 1.26. The molecule has 0 aromatic heterocycles. The SMILES string of the molecule is CCC(O)(c1ccccc1)C(Cc1ccccc1)C[N+](C)(C)[O-]. The molecule has 2 atom stereocenters. The molecule has 0 aliphatic rings. The Morgan fingerprint density at radius 1 is 1.00 bits per heavy atom. The van der Waals surface area contributed by atoms with Crippen molar-refractivity contribution in [1.82, 2.24) is 0 Å². The van der Waals surface area contributed by atoms with Gasteiger partial charge in [0.25, 0.3) is 0 Å². The molecule has 0 saturated carbocycles. The van der Waals surface area contributed by atoms with E-state index in [1.807, 2.05) is 55.5 Å². The highest BCUT2D eigenvalue weighted by atomic mass is 16.5. The highest BCUT2D eigenvalue weighted by Crippen LogP contribution is 2.36. The minimum atomic E-state index is -1.00. The first-order valence-electron chi connectivity index (χ1n) is 8.21. The van der Waals surface area contributed by atoms with E-state index in [2.05, 4.69) is 12.1 Å². The number of hydrogen-bond donors (Lipinski definition) is 1. The standard InChI is InChI=1S/C20H27NO2/c1-4-20(22,18-13-9-6-10-14-18)19(16-21(2,3)23)15-17-11-7-5-8-12-17/h5-14,19,22H,4,15-16H2,1-3H3. The Morgan fingerprint density at radius 3 is 2.00 bits per heavy atom. The fraction of sp³-hybridized carbons (Fsp3) is 0.400. The third kappa shape index (κ3) is 4.64. The van der Waals surface area contributed by atoms with Crippen molar-refractivity contribution in [1.29, 1.82) is 0 Å². The van der Waals surface area contributed by atoms with E-state index in [1.54, 1.807) is 14.1 Å². The second kappa shape index (κ2) is 7.26. The number of benzene rings is 2. The molecule has 1 N–H and O–H groups in total. The maximum absolute atomic E-state index is 12.3. The van der Waals surface area contributed by atoms with Gasteiger partial charge in [0, 0.05) is 5.92 Å². The van der Waals surface area contributed by atoms with Crippen LogP contribution in [0.4, 0.5) is 0 Å². The summed E-state index contributed by atoms with van der Waals surface area (Å²) in [6.45, 7) is 2.35. The lowest BCUT2D eigenvalue weighted by Crippen LogP contribution is -2.47. The summed E-state index contributed by atoms with van der Waals surface area (Å²) < 4.78 is -0.410. The van der Waals surface area contributed by atoms with Gasteiger partial charge in [-0.2, -0.15) is 0 Å². The van der Waals surface area contributed by atoms with Crippen LogP contribution in [0.25, 0.3) is 0 Å². The van der Waals surface area contributed by atoms with Gasteiger partial charge in [-0.15, -0.1) is 0 Å². The number of nitrogens with zero attached hydrogens (tertiary/aromatic N) is 1. The van der Waals surface area contributed by atoms with E-state index in [-0.39, 0.29) is 5.92 Å². The normalized spacial score (nSPS) is 15.9. The third-order valence-corrected chi connectivity index (χ3v) is 4.47. The number of hydroxylamine groups is 3. The zero-order chi connectivity index (χ0) is 16.9. The molecule has 124 valence electrons. The minimum absolute atomic E-state index is 0.148. The van der Waals surface area contributed by atoms with Gasteiger partial charge in [0.2, 0.25) is 0 Å². The molecule has 0 spiro atoms. The molecule has 3 nitrogen and oxygen atoms in total. The van der Waals surface area contributed by atoms with Gasteiger partial charge < -0.3 is 15.0 Å². The van der Waals surface area contributed by atoms with E-state index in [4.69, 9.17) is 0 Å². The van der Waals surface area contributed by atoms with Gasteiger partial charge >= 0.3 is 0 Å². The van der Waals surface area contributed by atoms with Gasteiger partial charge in [-0.3, -0.25) is 0 Å². The van der Waals surface area contributed by atoms with E-state index in [9.17, 15) is 10.3 Å². The average molecular weight is 313 g/mol. The molecule has 0 aliphatic heterocycles. The molecular weight excluding hydrogens is 286 g/mol. The molecule has 0 heterocycles. The van der Waals surface area contributed by atoms with Gasteiger partial charge in [0.15, 0.2) is 0 Å². The Labute approximate surface area is 139 Å². The summed E-state index contributed by atoms with van der Waals surface area (Å²) in [5, 5.41) is 23.8. The van der Waals surface area contributed by atoms with Crippen LogP contribution in [-0.4, -0.2) is 30.4 Å². The lowest BCUT2D eigenvalue weighted by Gasteiger charge is -2.43. The van der Waals surface area contributed by atoms with E-state index < -0.39 is 10.2 Å². The second-order valence-electron chi connectivity index (χ2n) is 6.79. The fourth-order valence-electron chi connectivity index (χ4n) is 3.27. The molecule has 3 heteroatoms. The summed E-state index contributed by atoms with van der Waals surface area (Å²) in [5.74, 6) is -0.148. The van der Waals surface area contributed by atoms with Crippen molar-refractivity contribution in [2.45, 2.75) is 25.4 Å². The van der Waals surface area contributed by atoms with Crippen molar-refractivity contribution in [3.8, 4) is 0 Å². The van der Waals surface area contributed by atoms with E-state index in [1.165, 1.54) is 0 Å². The highest BCUT2D eigenvalue weighted by Gasteiger charge is 2.39. The largest absolute Gasteiger partial charge is 0.633 e. The predicted molar refractivity (Wildman–Crippen MR) is 94.6 cm³/mol. The third-order valence-electron chi connectivity index (χ3n) is 4.47. The smallest absolute Gasteiger partial charge is 0.0978 e. The van der Waals surface area contributed by atoms with Crippen molar-refractivity contribution in [2.24, 2.45) is 5.92 Å². The Bertz CT molecular complexity index is 592. The minimum Gasteiger partial charge on any atom is -0.633 e. The Hall–Kier alpha value is -1.68. The maximum Gasteiger partial charge on any atom is 0.0978 e. The van der Waals surface area contributed by atoms with Crippen molar-refractivity contribution < 1.29 is 9.75 Å². The van der Waals surface area contributed by atoms with Gasteiger partial charge in [-0.1, -0.05) is 67.6 Å². The van der Waals surface area contributed by atoms with Crippen LogP contribution in [0.2, 0.25) is 0 Å². The number of rotatable bonds is 7. The van der Waals surface area contributed by atoms with Crippen LogP contribution < -0.4 is 0 Å². The quantitative estimate of drug-likeness (QED) is 0.625. The van der Waals surface area contributed by atoms with Gasteiger partial charge in [0.05, 0.1) is 26.2 Å². The van der Waals surface area contributed by atoms with Crippen molar-refractivity contribution in [3.05, 3.63) is 77.0 Å². The Morgan fingerprint density at radius 2 is 1.52 bits per heavy atom. The molecular formula is C20H27NO2. The van der Waals surface area contributed by atoms with Crippen LogP contribution in [0, 0.1) is 11.1 Å². The van der Waals surface area contributed by atoms with Gasteiger partial charge in [-0.25, -0.2) is 0 Å². The average Bonchev–Trinajstić information content (AvgIpc) is 2.54. The number of quaternary nitrogens is 1. The molecule has 0 saturated heterocycles. The summed E-state index contributed by atoms with van der Waals surface area (Å²) in [4.78, 5) is 0. The molecule has 2 rings (SSSR count). The Kier molecular flexibility index (Phi) is 5.58. The van der Waals surface area contributed by atoms with E-state index in [0.29, 0.717) is 19.4 Å². The molecule has 0 aliphatic carbocycles. The van der Waals surface area contributed by atoms with Gasteiger partial charge in [0.1, 0.15) is 0 Å². The molecule has 0 amide bonds. The lowest BCUT2D eigenvalue weighted by atomic mass is 9.76. The summed E-state index contributed by atoms with van der Waals surface area (Å²) in [6, 6.07) is 19.8. The van der Waals surface area contributed by atoms with Gasteiger partial charge in [-0.05, 0) is 24.0 Å². The molecule has 23 heavy (non-hydrogen) atoms. The first-order chi connectivity index (χ1) is 10.8. The topological polar surface area (TPSA) is 43.3 Å². The van der Waals surface area contributed by atoms with Crippen LogP contribution in [0.3, 0.4) is 0 Å². The Balaban J connectivity index is 2.38. The molecule has 2 unspecified atom stereocenters. The van der Waals surface area contributed by atoms with Crippen LogP contribution >= 0.6 is 0 Å². The van der Waals surface area contributed by atoms with Crippen molar-refractivity contribution in [3.63, 3.8) is 0 Å². The zero-order valence-electron chi connectivity index (χ0n) is 14.3. The van der Waals surface area contributed by atoms with Crippen molar-refractivity contribution in [2.75, 3.05) is 20.6 Å². The molecule has 0 bridgehead atoms. The predicted octanol–water partition coefficient (Wildman–Crippen LogP) is 3.72. The van der Waals surface area contributed by atoms with Crippen molar-refractivity contribution >= 4 is 0 Å². The number of aliphatic hydroxyl groups is 1. The fourth-order valence-corrected chi connectivity index (χ4v) is 3.27. The first-order valence-corrected chi connectivity index (χ1v) is 8.21. The summed E-state index contributed by atoms with van der Waals surface area (Å²) in [5.41, 5.74) is 1.03.